The molecule has 2 aromatic rings. The number of amides is 1. The van der Waals surface area contributed by atoms with E-state index < -0.39 is 0 Å². The maximum Gasteiger partial charge on any atom is 0.270 e. The summed E-state index contributed by atoms with van der Waals surface area (Å²) in [5.74, 6) is 0.780. The predicted molar refractivity (Wildman–Crippen MR) is 88.6 cm³/mol. The second-order valence-electron chi connectivity index (χ2n) is 6.00. The molecule has 0 saturated carbocycles. The first kappa shape index (κ1) is 15.2. The van der Waals surface area contributed by atoms with E-state index >= 15 is 0 Å². The Morgan fingerprint density at radius 3 is 3.17 bits per heavy atom. The van der Waals surface area contributed by atoms with E-state index in [9.17, 15) is 4.79 Å². The minimum atomic E-state index is -0.0904. The van der Waals surface area contributed by atoms with E-state index in [0.29, 0.717) is 24.1 Å². The van der Waals surface area contributed by atoms with E-state index in [1.54, 1.807) is 22.2 Å². The van der Waals surface area contributed by atoms with Gasteiger partial charge in [-0.3, -0.25) is 9.69 Å². The fraction of sp³-hybridized carbons (Fsp3) is 0.533. The van der Waals surface area contributed by atoms with Crippen LogP contribution in [0.3, 0.4) is 0 Å². The Morgan fingerprint density at radius 2 is 2.39 bits per heavy atom. The Bertz CT molecular complexity index is 647. The zero-order valence-corrected chi connectivity index (χ0v) is 14.2. The molecule has 0 spiro atoms. The standard InChI is InChI=1S/C15H18N4O2S2/c20-15(12-8-22-9-18-12)17-3-10-7-21-13-5-19(4-11(10)13)6-14-16-1-2-23-14/h1-2,8-11,13H,3-7H2,(H,17,20)/t10-,11+,13+/m1/s1. The van der Waals surface area contributed by atoms with E-state index in [1.807, 2.05) is 11.6 Å². The average Bonchev–Trinajstić information content (AvgIpc) is 3.31. The topological polar surface area (TPSA) is 67.3 Å². The second kappa shape index (κ2) is 6.64. The SMILES string of the molecule is O=C(NC[C@@H]1CO[C@H]2CN(Cc3nccs3)C[C@@H]12)c1cscn1. The molecule has 0 unspecified atom stereocenters. The van der Waals surface area contributed by atoms with Gasteiger partial charge in [0.15, 0.2) is 0 Å². The molecule has 0 aliphatic carbocycles. The summed E-state index contributed by atoms with van der Waals surface area (Å²) >= 11 is 3.13. The van der Waals surface area contributed by atoms with Gasteiger partial charge < -0.3 is 10.1 Å². The van der Waals surface area contributed by atoms with Crippen LogP contribution in [0.5, 0.6) is 0 Å². The number of rotatable bonds is 5. The molecule has 23 heavy (non-hydrogen) atoms. The van der Waals surface area contributed by atoms with Crippen LogP contribution in [-0.2, 0) is 11.3 Å². The maximum atomic E-state index is 12.0. The zero-order chi connectivity index (χ0) is 15.6. The molecule has 2 aromatic heterocycles. The number of thiazole rings is 2. The van der Waals surface area contributed by atoms with Crippen molar-refractivity contribution in [3.05, 3.63) is 33.2 Å². The quantitative estimate of drug-likeness (QED) is 0.885. The van der Waals surface area contributed by atoms with Gasteiger partial charge in [-0.25, -0.2) is 9.97 Å². The first-order chi connectivity index (χ1) is 11.3. The third-order valence-corrected chi connectivity index (χ3v) is 5.90. The number of hydrogen-bond donors (Lipinski definition) is 1. The lowest BCUT2D eigenvalue weighted by Gasteiger charge is -2.19. The van der Waals surface area contributed by atoms with Crippen molar-refractivity contribution in [3.8, 4) is 0 Å². The van der Waals surface area contributed by atoms with Crippen molar-refractivity contribution in [2.45, 2.75) is 12.6 Å². The lowest BCUT2D eigenvalue weighted by atomic mass is 9.93. The van der Waals surface area contributed by atoms with Gasteiger partial charge in [-0.05, 0) is 0 Å². The molecular weight excluding hydrogens is 332 g/mol. The first-order valence-electron chi connectivity index (χ1n) is 7.68. The number of nitrogens with zero attached hydrogens (tertiary/aromatic N) is 3. The Hall–Kier alpha value is -1.35. The first-order valence-corrected chi connectivity index (χ1v) is 9.50. The van der Waals surface area contributed by atoms with Crippen LogP contribution in [-0.4, -0.2) is 53.1 Å². The summed E-state index contributed by atoms with van der Waals surface area (Å²) in [7, 11) is 0. The molecule has 122 valence electrons. The molecule has 6 nitrogen and oxygen atoms in total. The second-order valence-corrected chi connectivity index (χ2v) is 7.70. The van der Waals surface area contributed by atoms with Gasteiger partial charge in [-0.2, -0.15) is 0 Å². The lowest BCUT2D eigenvalue weighted by Crippen LogP contribution is -2.34. The highest BCUT2D eigenvalue weighted by Crippen LogP contribution is 2.34. The van der Waals surface area contributed by atoms with Crippen LogP contribution in [0.2, 0.25) is 0 Å². The molecule has 2 aliphatic rings. The van der Waals surface area contributed by atoms with Crippen molar-refractivity contribution < 1.29 is 9.53 Å². The smallest absolute Gasteiger partial charge is 0.270 e. The van der Waals surface area contributed by atoms with Crippen LogP contribution in [0.1, 0.15) is 15.5 Å². The Balaban J connectivity index is 1.30. The number of aromatic nitrogens is 2. The molecule has 0 bridgehead atoms. The zero-order valence-electron chi connectivity index (χ0n) is 12.6. The van der Waals surface area contributed by atoms with Gasteiger partial charge in [-0.15, -0.1) is 22.7 Å². The molecule has 0 radical (unpaired) electrons. The van der Waals surface area contributed by atoms with Crippen LogP contribution in [0.4, 0.5) is 0 Å². The van der Waals surface area contributed by atoms with Crippen LogP contribution >= 0.6 is 22.7 Å². The monoisotopic (exact) mass is 350 g/mol. The van der Waals surface area contributed by atoms with E-state index in [2.05, 4.69) is 20.2 Å². The Morgan fingerprint density at radius 1 is 1.43 bits per heavy atom. The third kappa shape index (κ3) is 3.30. The van der Waals surface area contributed by atoms with Crippen molar-refractivity contribution in [3.63, 3.8) is 0 Å². The summed E-state index contributed by atoms with van der Waals surface area (Å²) in [4.78, 5) is 22.8. The highest BCUT2D eigenvalue weighted by atomic mass is 32.1. The fourth-order valence-electron chi connectivity index (χ4n) is 3.38. The fourth-order valence-corrected chi connectivity index (χ4v) is 4.57. The van der Waals surface area contributed by atoms with Crippen molar-refractivity contribution in [2.24, 2.45) is 11.8 Å². The van der Waals surface area contributed by atoms with E-state index in [0.717, 1.165) is 31.2 Å². The van der Waals surface area contributed by atoms with Crippen LogP contribution < -0.4 is 5.32 Å². The molecule has 2 aliphatic heterocycles. The predicted octanol–water partition coefficient (Wildman–Crippen LogP) is 1.48. The number of nitrogens with one attached hydrogen (secondary N) is 1. The minimum Gasteiger partial charge on any atom is -0.376 e. The number of carbonyl (C=O) groups is 1. The molecule has 1 amide bonds. The van der Waals surface area contributed by atoms with Gasteiger partial charge in [0.2, 0.25) is 0 Å². The summed E-state index contributed by atoms with van der Waals surface area (Å²) in [6, 6.07) is 0. The van der Waals surface area contributed by atoms with Crippen molar-refractivity contribution in [2.75, 3.05) is 26.2 Å². The van der Waals surface area contributed by atoms with E-state index in [-0.39, 0.29) is 12.0 Å². The molecule has 2 saturated heterocycles. The highest BCUT2D eigenvalue weighted by Gasteiger charge is 2.43. The van der Waals surface area contributed by atoms with Gasteiger partial charge in [0.1, 0.15) is 10.7 Å². The Labute approximate surface area is 142 Å². The summed E-state index contributed by atoms with van der Waals surface area (Å²) in [6.07, 6.45) is 2.14. The number of hydrogen-bond acceptors (Lipinski definition) is 7. The molecule has 2 fully saturated rings. The molecule has 1 N–H and O–H groups in total. The van der Waals surface area contributed by atoms with Gasteiger partial charge in [-0.1, -0.05) is 0 Å². The van der Waals surface area contributed by atoms with Crippen molar-refractivity contribution in [1.82, 2.24) is 20.2 Å². The Kier molecular flexibility index (Phi) is 4.39. The van der Waals surface area contributed by atoms with Gasteiger partial charge in [0.25, 0.3) is 5.91 Å². The summed E-state index contributed by atoms with van der Waals surface area (Å²) < 4.78 is 5.94. The maximum absolute atomic E-state index is 12.0. The number of fused-ring (bicyclic) bond motifs is 1. The molecule has 4 heterocycles. The van der Waals surface area contributed by atoms with Gasteiger partial charge >= 0.3 is 0 Å². The van der Waals surface area contributed by atoms with Crippen molar-refractivity contribution >= 4 is 28.6 Å². The van der Waals surface area contributed by atoms with E-state index in [1.165, 1.54) is 11.3 Å². The molecule has 4 rings (SSSR count). The minimum absolute atomic E-state index is 0.0904. The molecular formula is C15H18N4O2S2. The largest absolute Gasteiger partial charge is 0.376 e. The summed E-state index contributed by atoms with van der Waals surface area (Å²) in [6.45, 7) is 4.26. The highest BCUT2D eigenvalue weighted by molar-refractivity contribution is 7.09. The lowest BCUT2D eigenvalue weighted by molar-refractivity contribution is 0.0901. The molecule has 8 heteroatoms. The van der Waals surface area contributed by atoms with Crippen LogP contribution in [0.25, 0.3) is 0 Å². The van der Waals surface area contributed by atoms with Crippen LogP contribution in [0, 0.1) is 11.8 Å². The van der Waals surface area contributed by atoms with Crippen LogP contribution in [0.15, 0.2) is 22.5 Å². The number of ether oxygens (including phenoxy) is 1. The summed E-state index contributed by atoms with van der Waals surface area (Å²) in [5.41, 5.74) is 2.18. The molecule has 0 aromatic carbocycles. The van der Waals surface area contributed by atoms with Gasteiger partial charge in [0.05, 0.1) is 24.8 Å². The van der Waals surface area contributed by atoms with Crippen molar-refractivity contribution in [1.29, 1.82) is 0 Å². The number of carbonyl (C=O) groups excluding carboxylic acids is 1. The third-order valence-electron chi connectivity index (χ3n) is 4.55. The average molecular weight is 350 g/mol. The summed E-state index contributed by atoms with van der Waals surface area (Å²) in [5, 5.41) is 7.93. The van der Waals surface area contributed by atoms with E-state index in [4.69, 9.17) is 4.74 Å². The van der Waals surface area contributed by atoms with Gasteiger partial charge in [0, 0.05) is 48.4 Å². The number of likely N-dealkylation sites (tertiary alicyclic amines) is 1. The molecule has 3 atom stereocenters. The normalized spacial score (nSPS) is 27.2.